The van der Waals surface area contributed by atoms with Crippen LogP contribution in [0.4, 0.5) is 4.39 Å². The zero-order valence-electron chi connectivity index (χ0n) is 9.72. The van der Waals surface area contributed by atoms with Crippen LogP contribution in [0.5, 0.6) is 0 Å². The topological polar surface area (TPSA) is 12.0 Å². The molecule has 0 radical (unpaired) electrons. The van der Waals surface area contributed by atoms with Gasteiger partial charge in [-0.05, 0) is 36.3 Å². The summed E-state index contributed by atoms with van der Waals surface area (Å²) in [7, 11) is 0. The van der Waals surface area contributed by atoms with Gasteiger partial charge in [0.15, 0.2) is 0 Å². The molecule has 1 unspecified atom stereocenters. The van der Waals surface area contributed by atoms with E-state index in [4.69, 9.17) is 11.6 Å². The van der Waals surface area contributed by atoms with E-state index in [0.717, 1.165) is 23.9 Å². The van der Waals surface area contributed by atoms with Crippen LogP contribution in [0.25, 0.3) is 0 Å². The predicted molar refractivity (Wildman–Crippen MR) is 73.2 cm³/mol. The quantitative estimate of drug-likeness (QED) is 0.894. The lowest BCUT2D eigenvalue weighted by molar-refractivity contribution is 0.596. The third kappa shape index (κ3) is 4.16. The Hall–Kier alpha value is -0.250. The summed E-state index contributed by atoms with van der Waals surface area (Å²) in [6.45, 7) is 1.79. The van der Waals surface area contributed by atoms with Crippen molar-refractivity contribution in [3.05, 3.63) is 34.6 Å². The number of halogens is 2. The Kier molecular flexibility index (Phi) is 5.14. The van der Waals surface area contributed by atoms with Crippen LogP contribution in [0.2, 0.25) is 5.02 Å². The Balaban J connectivity index is 1.75. The predicted octanol–water partition coefficient (Wildman–Crippen LogP) is 3.85. The van der Waals surface area contributed by atoms with Crippen molar-refractivity contribution in [3.8, 4) is 0 Å². The highest BCUT2D eigenvalue weighted by Crippen LogP contribution is 2.24. The normalized spacial score (nSPS) is 20.5. The van der Waals surface area contributed by atoms with Crippen LogP contribution in [-0.4, -0.2) is 17.5 Å². The van der Waals surface area contributed by atoms with Crippen molar-refractivity contribution in [2.45, 2.75) is 31.1 Å². The lowest BCUT2D eigenvalue weighted by Crippen LogP contribution is -2.26. The largest absolute Gasteiger partial charge is 0.312 e. The van der Waals surface area contributed by atoms with Gasteiger partial charge in [0, 0.05) is 18.3 Å². The highest BCUT2D eigenvalue weighted by molar-refractivity contribution is 7.99. The maximum absolute atomic E-state index is 13.0. The lowest BCUT2D eigenvalue weighted by Gasteiger charge is -2.21. The second-order valence-electron chi connectivity index (χ2n) is 4.37. The minimum Gasteiger partial charge on any atom is -0.312 e. The van der Waals surface area contributed by atoms with Crippen molar-refractivity contribution in [2.75, 3.05) is 12.3 Å². The van der Waals surface area contributed by atoms with Crippen LogP contribution in [0.3, 0.4) is 0 Å². The van der Waals surface area contributed by atoms with Gasteiger partial charge >= 0.3 is 0 Å². The smallest absolute Gasteiger partial charge is 0.141 e. The minimum atomic E-state index is -0.349. The fourth-order valence-corrected chi connectivity index (χ4v) is 3.47. The third-order valence-electron chi connectivity index (χ3n) is 2.96. The van der Waals surface area contributed by atoms with Gasteiger partial charge in [0.05, 0.1) is 5.02 Å². The van der Waals surface area contributed by atoms with Crippen LogP contribution < -0.4 is 5.32 Å². The number of nitrogens with one attached hydrogen (secondary N) is 1. The molecule has 1 aromatic rings. The zero-order valence-corrected chi connectivity index (χ0v) is 11.3. The van der Waals surface area contributed by atoms with Crippen molar-refractivity contribution in [1.29, 1.82) is 0 Å². The van der Waals surface area contributed by atoms with Gasteiger partial charge in [-0.3, -0.25) is 0 Å². The molecule has 1 atom stereocenters. The molecule has 1 nitrogen and oxygen atoms in total. The molecule has 2 rings (SSSR count). The number of thioether (sulfide) groups is 1. The van der Waals surface area contributed by atoms with Crippen molar-refractivity contribution >= 4 is 23.4 Å². The standard InChI is InChI=1S/C13H17ClFNS/c14-12-7-10(4-5-13(12)15)8-16-9-11-3-1-2-6-17-11/h4-5,7,11,16H,1-3,6,8-9H2. The Morgan fingerprint density at radius 2 is 2.29 bits per heavy atom. The average molecular weight is 274 g/mol. The molecular weight excluding hydrogens is 257 g/mol. The Morgan fingerprint density at radius 3 is 3.00 bits per heavy atom. The molecule has 1 fully saturated rings. The molecule has 1 aliphatic rings. The van der Waals surface area contributed by atoms with E-state index >= 15 is 0 Å². The van der Waals surface area contributed by atoms with Crippen LogP contribution >= 0.6 is 23.4 Å². The summed E-state index contributed by atoms with van der Waals surface area (Å²) in [5.74, 6) is 0.938. The highest BCUT2D eigenvalue weighted by atomic mass is 35.5. The average Bonchev–Trinajstić information content (AvgIpc) is 2.35. The SMILES string of the molecule is Fc1ccc(CNCC2CCCCS2)cc1Cl. The third-order valence-corrected chi connectivity index (χ3v) is 4.65. The molecule has 17 heavy (non-hydrogen) atoms. The Morgan fingerprint density at radius 1 is 1.41 bits per heavy atom. The van der Waals surface area contributed by atoms with Crippen molar-refractivity contribution < 1.29 is 4.39 Å². The van der Waals surface area contributed by atoms with Gasteiger partial charge in [-0.1, -0.05) is 24.1 Å². The summed E-state index contributed by atoms with van der Waals surface area (Å²) < 4.78 is 13.0. The number of hydrogen-bond acceptors (Lipinski definition) is 2. The minimum absolute atomic E-state index is 0.205. The van der Waals surface area contributed by atoms with E-state index in [1.165, 1.54) is 31.1 Å². The molecule has 1 heterocycles. The molecule has 0 saturated carbocycles. The van der Waals surface area contributed by atoms with E-state index in [2.05, 4.69) is 17.1 Å². The maximum atomic E-state index is 13.0. The Bertz CT molecular complexity index is 366. The summed E-state index contributed by atoms with van der Waals surface area (Å²) >= 11 is 7.79. The molecule has 0 aliphatic carbocycles. The van der Waals surface area contributed by atoms with Crippen molar-refractivity contribution in [2.24, 2.45) is 0 Å². The van der Waals surface area contributed by atoms with E-state index in [9.17, 15) is 4.39 Å². The summed E-state index contributed by atoms with van der Waals surface area (Å²) in [4.78, 5) is 0. The first-order valence-electron chi connectivity index (χ1n) is 6.02. The number of rotatable bonds is 4. The van der Waals surface area contributed by atoms with E-state index in [0.29, 0.717) is 0 Å². The molecule has 0 amide bonds. The second-order valence-corrected chi connectivity index (χ2v) is 6.18. The molecule has 1 aromatic carbocycles. The first kappa shape index (κ1) is 13.2. The molecule has 4 heteroatoms. The summed E-state index contributed by atoms with van der Waals surface area (Å²) in [6.07, 6.45) is 4.01. The summed E-state index contributed by atoms with van der Waals surface area (Å²) in [5.41, 5.74) is 1.04. The molecule has 1 N–H and O–H groups in total. The van der Waals surface area contributed by atoms with Crippen LogP contribution in [-0.2, 0) is 6.54 Å². The molecule has 94 valence electrons. The van der Waals surface area contributed by atoms with Gasteiger partial charge in [-0.15, -0.1) is 0 Å². The zero-order chi connectivity index (χ0) is 12.1. The lowest BCUT2D eigenvalue weighted by atomic mass is 10.2. The van der Waals surface area contributed by atoms with Gasteiger partial charge in [-0.2, -0.15) is 11.8 Å². The van der Waals surface area contributed by atoms with Crippen molar-refractivity contribution in [3.63, 3.8) is 0 Å². The van der Waals surface area contributed by atoms with Crippen LogP contribution in [0.15, 0.2) is 18.2 Å². The van der Waals surface area contributed by atoms with E-state index in [-0.39, 0.29) is 10.8 Å². The fourth-order valence-electron chi connectivity index (χ4n) is 2.00. The van der Waals surface area contributed by atoms with Crippen LogP contribution in [0, 0.1) is 5.82 Å². The van der Waals surface area contributed by atoms with E-state index < -0.39 is 0 Å². The van der Waals surface area contributed by atoms with Crippen molar-refractivity contribution in [1.82, 2.24) is 5.32 Å². The van der Waals surface area contributed by atoms with E-state index in [1.807, 2.05) is 0 Å². The molecule has 0 spiro atoms. The highest BCUT2D eigenvalue weighted by Gasteiger charge is 2.13. The number of hydrogen-bond donors (Lipinski definition) is 1. The summed E-state index contributed by atoms with van der Waals surface area (Å²) in [6, 6.07) is 4.90. The monoisotopic (exact) mass is 273 g/mol. The molecule has 1 aliphatic heterocycles. The van der Waals surface area contributed by atoms with Gasteiger partial charge in [-0.25, -0.2) is 4.39 Å². The van der Waals surface area contributed by atoms with Gasteiger partial charge in [0.2, 0.25) is 0 Å². The molecule has 1 saturated heterocycles. The second kappa shape index (κ2) is 6.62. The molecule has 0 aromatic heterocycles. The van der Waals surface area contributed by atoms with Gasteiger partial charge in [0.1, 0.15) is 5.82 Å². The first-order chi connectivity index (χ1) is 8.25. The molecule has 0 bridgehead atoms. The summed E-state index contributed by atoms with van der Waals surface area (Å²) in [5, 5.41) is 4.36. The van der Waals surface area contributed by atoms with Gasteiger partial charge in [0.25, 0.3) is 0 Å². The van der Waals surface area contributed by atoms with Gasteiger partial charge < -0.3 is 5.32 Å². The van der Waals surface area contributed by atoms with Crippen LogP contribution in [0.1, 0.15) is 24.8 Å². The number of benzene rings is 1. The molecular formula is C13H17ClFNS. The maximum Gasteiger partial charge on any atom is 0.141 e. The fraction of sp³-hybridized carbons (Fsp3) is 0.538. The first-order valence-corrected chi connectivity index (χ1v) is 7.44. The Labute approximate surface area is 111 Å². The van der Waals surface area contributed by atoms with E-state index in [1.54, 1.807) is 12.1 Å².